The summed E-state index contributed by atoms with van der Waals surface area (Å²) in [6, 6.07) is 0. The molecule has 15 heavy (non-hydrogen) atoms. The number of thioether (sulfide) groups is 1. The molecule has 88 valence electrons. The Kier molecular flexibility index (Phi) is 4.65. The van der Waals surface area contributed by atoms with E-state index >= 15 is 0 Å². The van der Waals surface area contributed by atoms with Gasteiger partial charge in [0.1, 0.15) is 0 Å². The van der Waals surface area contributed by atoms with E-state index in [1.807, 2.05) is 20.8 Å². The maximum Gasteiger partial charge on any atom is 0.321 e. The van der Waals surface area contributed by atoms with Crippen molar-refractivity contribution in [3.05, 3.63) is 0 Å². The summed E-state index contributed by atoms with van der Waals surface area (Å²) in [6.45, 7) is 7.39. The molecule has 0 bridgehead atoms. The molecule has 5 heteroatoms. The second-order valence-corrected chi connectivity index (χ2v) is 6.25. The summed E-state index contributed by atoms with van der Waals surface area (Å²) in [6.07, 6.45) is 0.0980. The van der Waals surface area contributed by atoms with Crippen molar-refractivity contribution < 1.29 is 19.8 Å². The minimum Gasteiger partial charge on any atom is -0.480 e. The van der Waals surface area contributed by atoms with Crippen molar-refractivity contribution in [2.45, 2.75) is 38.9 Å². The van der Waals surface area contributed by atoms with Gasteiger partial charge in [0.2, 0.25) is 0 Å². The van der Waals surface area contributed by atoms with Crippen molar-refractivity contribution >= 4 is 23.7 Å². The second-order valence-electron chi connectivity index (χ2n) is 4.45. The highest BCUT2D eigenvalue weighted by molar-refractivity contribution is 8.00. The molecule has 0 rings (SSSR count). The van der Waals surface area contributed by atoms with Crippen LogP contribution in [0.3, 0.4) is 0 Å². The molecule has 0 amide bonds. The van der Waals surface area contributed by atoms with E-state index in [9.17, 15) is 9.59 Å². The fraction of sp³-hybridized carbons (Fsp3) is 0.800. The molecule has 0 fully saturated rings. The van der Waals surface area contributed by atoms with Gasteiger partial charge in [-0.05, 0) is 6.42 Å². The molecular formula is C10H18O4S. The topological polar surface area (TPSA) is 74.6 Å². The maximum atomic E-state index is 11.0. The van der Waals surface area contributed by atoms with Gasteiger partial charge in [-0.1, -0.05) is 27.7 Å². The van der Waals surface area contributed by atoms with Gasteiger partial charge >= 0.3 is 11.9 Å². The van der Waals surface area contributed by atoms with E-state index in [-0.39, 0.29) is 16.9 Å². The maximum absolute atomic E-state index is 11.0. The van der Waals surface area contributed by atoms with Crippen LogP contribution in [0.5, 0.6) is 0 Å². The predicted molar refractivity (Wildman–Crippen MR) is 60.2 cm³/mol. The Morgan fingerprint density at radius 1 is 1.13 bits per heavy atom. The number of carboxylic acids is 2. The highest BCUT2D eigenvalue weighted by Crippen LogP contribution is 2.34. The lowest BCUT2D eigenvalue weighted by molar-refractivity contribution is -0.162. The average molecular weight is 234 g/mol. The molecule has 0 aromatic carbocycles. The smallest absolute Gasteiger partial charge is 0.321 e. The van der Waals surface area contributed by atoms with Crippen LogP contribution >= 0.6 is 11.8 Å². The van der Waals surface area contributed by atoms with Crippen molar-refractivity contribution in [1.82, 2.24) is 0 Å². The van der Waals surface area contributed by atoms with Crippen LogP contribution in [0.25, 0.3) is 0 Å². The lowest BCUT2D eigenvalue weighted by Crippen LogP contribution is -2.42. The van der Waals surface area contributed by atoms with Crippen molar-refractivity contribution in [3.63, 3.8) is 0 Å². The first-order valence-corrected chi connectivity index (χ1v) is 5.75. The van der Waals surface area contributed by atoms with Crippen LogP contribution in [0.1, 0.15) is 34.1 Å². The molecule has 0 radical (unpaired) electrons. The van der Waals surface area contributed by atoms with E-state index in [4.69, 9.17) is 10.2 Å². The molecule has 4 nitrogen and oxygen atoms in total. The van der Waals surface area contributed by atoms with E-state index in [0.717, 1.165) is 0 Å². The minimum absolute atomic E-state index is 0.0949. The van der Waals surface area contributed by atoms with Gasteiger partial charge in [0.25, 0.3) is 0 Å². The number of hydrogen-bond acceptors (Lipinski definition) is 3. The van der Waals surface area contributed by atoms with Gasteiger partial charge in [-0.25, -0.2) is 0 Å². The largest absolute Gasteiger partial charge is 0.480 e. The lowest BCUT2D eigenvalue weighted by Gasteiger charge is -2.27. The Morgan fingerprint density at radius 3 is 1.73 bits per heavy atom. The van der Waals surface area contributed by atoms with Crippen LogP contribution in [0.4, 0.5) is 0 Å². The number of carbonyl (C=O) groups is 2. The van der Waals surface area contributed by atoms with Crippen LogP contribution in [-0.4, -0.2) is 32.7 Å². The van der Waals surface area contributed by atoms with Gasteiger partial charge in [-0.15, -0.1) is 0 Å². The van der Waals surface area contributed by atoms with Crippen molar-refractivity contribution in [3.8, 4) is 0 Å². The van der Waals surface area contributed by atoms with Crippen LogP contribution in [0.15, 0.2) is 0 Å². The standard InChI is InChI=1S/C10H18O4S/c1-5-10(7(11)12,8(13)14)6-15-9(2,3)4/h5-6H2,1-4H3,(H,11,12)(H,13,14). The van der Waals surface area contributed by atoms with E-state index in [0.29, 0.717) is 0 Å². The Labute approximate surface area is 94.1 Å². The predicted octanol–water partition coefficient (Wildman–Crippen LogP) is 2.08. The highest BCUT2D eigenvalue weighted by atomic mass is 32.2. The molecule has 2 N–H and O–H groups in total. The molecule has 0 aromatic heterocycles. The average Bonchev–Trinajstić information content (AvgIpc) is 2.02. The zero-order valence-corrected chi connectivity index (χ0v) is 10.3. The molecule has 0 aliphatic rings. The molecule has 0 saturated heterocycles. The summed E-state index contributed by atoms with van der Waals surface area (Å²) in [7, 11) is 0. The fourth-order valence-electron chi connectivity index (χ4n) is 0.959. The molecule has 0 saturated carbocycles. The first-order chi connectivity index (χ1) is 6.65. The summed E-state index contributed by atoms with van der Waals surface area (Å²) in [4.78, 5) is 22.0. The van der Waals surface area contributed by atoms with E-state index in [1.54, 1.807) is 6.92 Å². The molecule has 0 unspecified atom stereocenters. The van der Waals surface area contributed by atoms with Crippen molar-refractivity contribution in [2.75, 3.05) is 5.75 Å². The number of aliphatic carboxylic acids is 2. The van der Waals surface area contributed by atoms with Crippen LogP contribution in [-0.2, 0) is 9.59 Å². The van der Waals surface area contributed by atoms with Crippen LogP contribution < -0.4 is 0 Å². The van der Waals surface area contributed by atoms with E-state index in [2.05, 4.69) is 0 Å². The number of carboxylic acid groups (broad SMARTS) is 2. The Bertz CT molecular complexity index is 241. The third kappa shape index (κ3) is 3.74. The summed E-state index contributed by atoms with van der Waals surface area (Å²) >= 11 is 1.36. The number of rotatable bonds is 5. The quantitative estimate of drug-likeness (QED) is 0.712. The second kappa shape index (κ2) is 4.88. The summed E-state index contributed by atoms with van der Waals surface area (Å²) in [5.74, 6) is -2.42. The SMILES string of the molecule is CCC(CSC(C)(C)C)(C(=O)O)C(=O)O. The molecule has 0 heterocycles. The van der Waals surface area contributed by atoms with Gasteiger partial charge < -0.3 is 10.2 Å². The zero-order valence-electron chi connectivity index (χ0n) is 9.53. The Morgan fingerprint density at radius 2 is 1.53 bits per heavy atom. The highest BCUT2D eigenvalue weighted by Gasteiger charge is 2.45. The van der Waals surface area contributed by atoms with Crippen LogP contribution in [0, 0.1) is 5.41 Å². The normalized spacial score (nSPS) is 12.5. The van der Waals surface area contributed by atoms with Gasteiger partial charge in [-0.2, -0.15) is 11.8 Å². The van der Waals surface area contributed by atoms with E-state index < -0.39 is 17.4 Å². The minimum atomic E-state index is -1.65. The summed E-state index contributed by atoms with van der Waals surface area (Å²) in [5, 5.41) is 18.0. The zero-order chi connectivity index (χ0) is 12.3. The van der Waals surface area contributed by atoms with Gasteiger partial charge in [0.15, 0.2) is 5.41 Å². The molecule has 0 spiro atoms. The summed E-state index contributed by atoms with van der Waals surface area (Å²) < 4.78 is -0.134. The summed E-state index contributed by atoms with van der Waals surface area (Å²) in [5.41, 5.74) is -1.65. The first kappa shape index (κ1) is 14.3. The van der Waals surface area contributed by atoms with Crippen LogP contribution in [0.2, 0.25) is 0 Å². The molecule has 0 aromatic rings. The first-order valence-electron chi connectivity index (χ1n) is 4.76. The van der Waals surface area contributed by atoms with Gasteiger partial charge in [0.05, 0.1) is 0 Å². The van der Waals surface area contributed by atoms with Gasteiger partial charge in [0, 0.05) is 10.5 Å². The Hall–Kier alpha value is -0.710. The molecular weight excluding hydrogens is 216 g/mol. The van der Waals surface area contributed by atoms with E-state index in [1.165, 1.54) is 11.8 Å². The number of hydrogen-bond donors (Lipinski definition) is 2. The molecule has 0 aliphatic carbocycles. The molecule has 0 atom stereocenters. The Balaban J connectivity index is 4.80. The van der Waals surface area contributed by atoms with Crippen molar-refractivity contribution in [2.24, 2.45) is 5.41 Å². The lowest BCUT2D eigenvalue weighted by atomic mass is 9.88. The van der Waals surface area contributed by atoms with Gasteiger partial charge in [-0.3, -0.25) is 9.59 Å². The third-order valence-corrected chi connectivity index (χ3v) is 3.68. The van der Waals surface area contributed by atoms with Crippen molar-refractivity contribution in [1.29, 1.82) is 0 Å². The fourth-order valence-corrected chi connectivity index (χ4v) is 2.09. The third-order valence-electron chi connectivity index (χ3n) is 2.17. The molecule has 0 aliphatic heterocycles. The monoisotopic (exact) mass is 234 g/mol.